The lowest BCUT2D eigenvalue weighted by Crippen LogP contribution is -2.25. The monoisotopic (exact) mass is 364 g/mol. The van der Waals surface area contributed by atoms with E-state index in [1.807, 2.05) is 0 Å². The van der Waals surface area contributed by atoms with E-state index in [1.165, 1.54) is 6.07 Å². The van der Waals surface area contributed by atoms with Crippen LogP contribution >= 0.6 is 11.6 Å². The summed E-state index contributed by atoms with van der Waals surface area (Å²) in [6, 6.07) is 1.23. The highest BCUT2D eigenvalue weighted by Gasteiger charge is 2.28. The van der Waals surface area contributed by atoms with E-state index in [-0.39, 0.29) is 57.9 Å². The molecule has 130 valence electrons. The van der Waals surface area contributed by atoms with Crippen molar-refractivity contribution in [3.05, 3.63) is 34.4 Å². The lowest BCUT2D eigenvalue weighted by Gasteiger charge is -2.23. The van der Waals surface area contributed by atoms with Crippen LogP contribution in [0, 0.1) is 6.92 Å². The van der Waals surface area contributed by atoms with Gasteiger partial charge in [0.25, 0.3) is 0 Å². The van der Waals surface area contributed by atoms with Crippen molar-refractivity contribution >= 4 is 23.7 Å². The maximum absolute atomic E-state index is 11.3. The average Bonchev–Trinajstić information content (AvgIpc) is 2.99. The third-order valence-electron chi connectivity index (χ3n) is 3.68. The molecule has 2 N–H and O–H groups in total. The zero-order valence-corrected chi connectivity index (χ0v) is 13.8. The Balaban J connectivity index is 2.08. The van der Waals surface area contributed by atoms with Crippen LogP contribution < -0.4 is 4.74 Å². The summed E-state index contributed by atoms with van der Waals surface area (Å²) < 4.78 is 10.5. The molecule has 25 heavy (non-hydrogen) atoms. The van der Waals surface area contributed by atoms with Gasteiger partial charge in [-0.2, -0.15) is 4.98 Å². The summed E-state index contributed by atoms with van der Waals surface area (Å²) in [5.41, 5.74) is 0.0191. The molecule has 0 radical (unpaired) electrons. The smallest absolute Gasteiger partial charge is 0.223 e. The van der Waals surface area contributed by atoms with Crippen molar-refractivity contribution in [2.75, 3.05) is 0 Å². The lowest BCUT2D eigenvalue weighted by atomic mass is 10.0. The van der Waals surface area contributed by atoms with Gasteiger partial charge < -0.3 is 19.5 Å². The molecule has 0 saturated heterocycles. The molecule has 0 amide bonds. The van der Waals surface area contributed by atoms with Gasteiger partial charge in [-0.15, -0.1) is 0 Å². The molecule has 1 aliphatic rings. The fourth-order valence-corrected chi connectivity index (χ4v) is 2.73. The van der Waals surface area contributed by atoms with Crippen LogP contribution in [0.5, 0.6) is 11.5 Å². The first-order chi connectivity index (χ1) is 11.9. The van der Waals surface area contributed by atoms with Crippen LogP contribution in [-0.4, -0.2) is 38.5 Å². The summed E-state index contributed by atoms with van der Waals surface area (Å²) in [7, 11) is 0. The molecule has 0 spiro atoms. The van der Waals surface area contributed by atoms with E-state index in [0.717, 1.165) is 6.08 Å². The largest absolute Gasteiger partial charge is 0.508 e. The van der Waals surface area contributed by atoms with Crippen molar-refractivity contribution in [2.45, 2.75) is 25.9 Å². The normalized spacial score (nSPS) is 17.3. The fourth-order valence-electron chi connectivity index (χ4n) is 2.45. The number of hydrogen-bond acceptors (Lipinski definition) is 8. The molecule has 1 aliphatic carbocycles. The molecule has 0 saturated carbocycles. The molecule has 2 aromatic rings. The second-order valence-corrected chi connectivity index (χ2v) is 5.81. The molecular weight excluding hydrogens is 352 g/mol. The molecule has 1 unspecified atom stereocenters. The summed E-state index contributed by atoms with van der Waals surface area (Å²) in [5.74, 6) is -0.615. The third-order valence-corrected chi connectivity index (χ3v) is 4.05. The van der Waals surface area contributed by atoms with Crippen LogP contribution in [0.2, 0.25) is 5.02 Å². The molecular formula is C16H13ClN2O6. The Hall–Kier alpha value is -2.87. The summed E-state index contributed by atoms with van der Waals surface area (Å²) in [6.07, 6.45) is 0.974. The number of aromatic nitrogens is 2. The van der Waals surface area contributed by atoms with E-state index in [9.17, 15) is 19.8 Å². The molecule has 0 aliphatic heterocycles. The Kier molecular flexibility index (Phi) is 4.45. The molecule has 1 heterocycles. The lowest BCUT2D eigenvalue weighted by molar-refractivity contribution is -0.116. The van der Waals surface area contributed by atoms with Gasteiger partial charge in [-0.3, -0.25) is 9.59 Å². The van der Waals surface area contributed by atoms with Gasteiger partial charge in [-0.05, 0) is 12.5 Å². The number of ether oxygens (including phenoxy) is 1. The zero-order chi connectivity index (χ0) is 18.1. The van der Waals surface area contributed by atoms with Crippen LogP contribution in [0.25, 0.3) is 11.4 Å². The van der Waals surface area contributed by atoms with Crippen molar-refractivity contribution in [1.82, 2.24) is 10.1 Å². The SMILES string of the molecule is Cc1nc(-c2cc(O)c(C=O)c(OC3CCC(=O)C=C3O)c2Cl)no1. The number of carbonyl (C=O) groups is 2. The standard InChI is InChI=1S/C16H13ClN2O6/c1-7-18-16(19-25-7)9-5-11(22)10(6-20)15(14(9)17)24-13-3-2-8(21)4-12(13)23/h4-6,13,22-23H,2-3H2,1H3. The van der Waals surface area contributed by atoms with Gasteiger partial charge in [0.05, 0.1) is 10.6 Å². The Morgan fingerprint density at radius 2 is 2.20 bits per heavy atom. The average molecular weight is 365 g/mol. The second kappa shape index (κ2) is 6.56. The molecule has 1 aromatic carbocycles. The number of aliphatic hydroxyl groups excluding tert-OH is 1. The van der Waals surface area contributed by atoms with Gasteiger partial charge in [0.2, 0.25) is 11.7 Å². The van der Waals surface area contributed by atoms with Crippen molar-refractivity contribution in [3.63, 3.8) is 0 Å². The van der Waals surface area contributed by atoms with Crippen molar-refractivity contribution in [1.29, 1.82) is 0 Å². The number of halogens is 1. The number of ketones is 1. The van der Waals surface area contributed by atoms with Gasteiger partial charge in [0.15, 0.2) is 23.9 Å². The van der Waals surface area contributed by atoms with Crippen LogP contribution in [0.15, 0.2) is 22.4 Å². The molecule has 1 atom stereocenters. The van der Waals surface area contributed by atoms with Crippen molar-refractivity contribution < 1.29 is 29.1 Å². The summed E-state index contributed by atoms with van der Waals surface area (Å²) >= 11 is 6.32. The number of nitrogens with zero attached hydrogens (tertiary/aromatic N) is 2. The predicted octanol–water partition coefficient (Wildman–Crippen LogP) is 2.77. The number of phenols is 1. The summed E-state index contributed by atoms with van der Waals surface area (Å²) in [4.78, 5) is 26.7. The van der Waals surface area contributed by atoms with Crippen LogP contribution in [-0.2, 0) is 4.79 Å². The van der Waals surface area contributed by atoms with Gasteiger partial charge in [0.1, 0.15) is 11.5 Å². The number of benzene rings is 1. The first kappa shape index (κ1) is 17.0. The number of carbonyl (C=O) groups excluding carboxylic acids is 2. The maximum Gasteiger partial charge on any atom is 0.223 e. The van der Waals surface area contributed by atoms with Gasteiger partial charge in [0, 0.05) is 25.0 Å². The molecule has 8 nitrogen and oxygen atoms in total. The number of aromatic hydroxyl groups is 1. The second-order valence-electron chi connectivity index (χ2n) is 5.44. The van der Waals surface area contributed by atoms with Crippen LogP contribution in [0.1, 0.15) is 29.1 Å². The molecule has 3 rings (SSSR count). The topological polar surface area (TPSA) is 123 Å². The van der Waals surface area contributed by atoms with E-state index >= 15 is 0 Å². The maximum atomic E-state index is 11.3. The highest BCUT2D eigenvalue weighted by molar-refractivity contribution is 6.35. The Morgan fingerprint density at radius 1 is 1.44 bits per heavy atom. The van der Waals surface area contributed by atoms with Crippen molar-refractivity contribution in [2.24, 2.45) is 0 Å². The number of aldehydes is 1. The summed E-state index contributed by atoms with van der Waals surface area (Å²) in [6.45, 7) is 1.59. The number of rotatable bonds is 4. The van der Waals surface area contributed by atoms with E-state index in [4.69, 9.17) is 20.9 Å². The Labute approximate surface area is 146 Å². The van der Waals surface area contributed by atoms with Crippen LogP contribution in [0.3, 0.4) is 0 Å². The number of hydrogen-bond donors (Lipinski definition) is 2. The van der Waals surface area contributed by atoms with E-state index in [0.29, 0.717) is 12.2 Å². The number of aryl methyl sites for hydroxylation is 1. The van der Waals surface area contributed by atoms with E-state index in [2.05, 4.69) is 10.1 Å². The molecule has 1 aromatic heterocycles. The molecule has 0 fully saturated rings. The Morgan fingerprint density at radius 3 is 2.80 bits per heavy atom. The van der Waals surface area contributed by atoms with E-state index < -0.39 is 6.10 Å². The molecule has 9 heteroatoms. The van der Waals surface area contributed by atoms with Gasteiger partial charge in [-0.25, -0.2) is 0 Å². The first-order valence-electron chi connectivity index (χ1n) is 7.32. The minimum atomic E-state index is -0.865. The molecule has 0 bridgehead atoms. The fraction of sp³-hybridized carbons (Fsp3) is 0.250. The highest BCUT2D eigenvalue weighted by atomic mass is 35.5. The minimum absolute atomic E-state index is 0.0228. The number of aliphatic hydroxyl groups is 1. The quantitative estimate of drug-likeness (QED) is 0.794. The minimum Gasteiger partial charge on any atom is -0.508 e. The first-order valence-corrected chi connectivity index (χ1v) is 7.70. The van der Waals surface area contributed by atoms with E-state index in [1.54, 1.807) is 6.92 Å². The number of phenolic OH excluding ortho intramolecular Hbond substituents is 1. The Bertz CT molecular complexity index is 889. The number of allylic oxidation sites excluding steroid dienone is 1. The summed E-state index contributed by atoms with van der Waals surface area (Å²) in [5, 5.41) is 23.7. The van der Waals surface area contributed by atoms with Gasteiger partial charge in [-0.1, -0.05) is 16.8 Å². The predicted molar refractivity (Wildman–Crippen MR) is 85.9 cm³/mol. The van der Waals surface area contributed by atoms with Crippen LogP contribution in [0.4, 0.5) is 0 Å². The highest BCUT2D eigenvalue weighted by Crippen LogP contribution is 2.42. The zero-order valence-electron chi connectivity index (χ0n) is 13.0. The van der Waals surface area contributed by atoms with Gasteiger partial charge >= 0.3 is 0 Å². The third kappa shape index (κ3) is 3.20. The van der Waals surface area contributed by atoms with Crippen molar-refractivity contribution in [3.8, 4) is 22.9 Å².